The van der Waals surface area contributed by atoms with Crippen molar-refractivity contribution in [3.63, 3.8) is 0 Å². The first kappa shape index (κ1) is 25.5. The average molecular weight is 423 g/mol. The molecule has 0 bridgehead atoms. The first-order valence-electron chi connectivity index (χ1n) is 7.79. The topological polar surface area (TPSA) is 66.6 Å². The maximum Gasteiger partial charge on any atom is 0.490 e. The predicted molar refractivity (Wildman–Crippen MR) is 89.3 cm³/mol. The van der Waals surface area contributed by atoms with E-state index in [9.17, 15) is 26.3 Å². The van der Waals surface area contributed by atoms with Gasteiger partial charge in [0.05, 0.1) is 11.6 Å². The molecule has 27 heavy (non-hydrogen) atoms. The van der Waals surface area contributed by atoms with Crippen LogP contribution in [-0.4, -0.2) is 48.2 Å². The number of nitrogens with zero attached hydrogens (tertiary/aromatic N) is 1. The molecule has 0 saturated heterocycles. The summed E-state index contributed by atoms with van der Waals surface area (Å²) in [6.07, 6.45) is -7.58. The van der Waals surface area contributed by atoms with Gasteiger partial charge in [0.25, 0.3) is 6.43 Å². The molecule has 156 valence electrons. The molecule has 1 unspecified atom stereocenters. The van der Waals surface area contributed by atoms with Gasteiger partial charge in [-0.25, -0.2) is 18.0 Å². The van der Waals surface area contributed by atoms with Gasteiger partial charge in [-0.15, -0.1) is 0 Å². The van der Waals surface area contributed by atoms with Crippen LogP contribution in [0.3, 0.4) is 0 Å². The Kier molecular flexibility index (Phi) is 10.7. The lowest BCUT2D eigenvalue weighted by molar-refractivity contribution is -0.192. The molecule has 0 amide bonds. The largest absolute Gasteiger partial charge is 0.490 e. The Labute approximate surface area is 157 Å². The Balaban J connectivity index is 0.000000821. The SMILES string of the molecule is CC(C)C(c1cccc(Cl)c1F)N(CCN)CC(F)F.O=C(O)C(F)(F)F. The van der Waals surface area contributed by atoms with Gasteiger partial charge in [-0.05, 0) is 12.0 Å². The lowest BCUT2D eigenvalue weighted by atomic mass is 9.93. The number of aliphatic carboxylic acids is 1. The van der Waals surface area contributed by atoms with Crippen LogP contribution in [0.4, 0.5) is 26.3 Å². The van der Waals surface area contributed by atoms with Crippen LogP contribution in [0, 0.1) is 11.7 Å². The van der Waals surface area contributed by atoms with E-state index in [1.807, 2.05) is 13.8 Å². The van der Waals surface area contributed by atoms with E-state index in [0.717, 1.165) is 0 Å². The first-order valence-corrected chi connectivity index (χ1v) is 8.16. The molecule has 1 rings (SSSR count). The van der Waals surface area contributed by atoms with Crippen molar-refractivity contribution in [3.8, 4) is 0 Å². The molecule has 0 spiro atoms. The van der Waals surface area contributed by atoms with E-state index in [4.69, 9.17) is 27.2 Å². The number of alkyl halides is 5. The Morgan fingerprint density at radius 3 is 2.19 bits per heavy atom. The molecule has 1 atom stereocenters. The van der Waals surface area contributed by atoms with Crippen molar-refractivity contribution < 1.29 is 36.2 Å². The molecule has 11 heteroatoms. The molecule has 0 aromatic heterocycles. The van der Waals surface area contributed by atoms with Gasteiger partial charge in [-0.3, -0.25) is 4.90 Å². The fourth-order valence-electron chi connectivity index (χ4n) is 2.41. The minimum atomic E-state index is -5.08. The van der Waals surface area contributed by atoms with Gasteiger partial charge >= 0.3 is 12.1 Å². The van der Waals surface area contributed by atoms with Crippen LogP contribution >= 0.6 is 11.6 Å². The Bertz CT molecular complexity index is 599. The normalized spacial score (nSPS) is 12.9. The second-order valence-corrected chi connectivity index (χ2v) is 6.22. The molecule has 3 N–H and O–H groups in total. The van der Waals surface area contributed by atoms with Crippen LogP contribution in [0.5, 0.6) is 0 Å². The first-order chi connectivity index (χ1) is 12.3. The van der Waals surface area contributed by atoms with Crippen molar-refractivity contribution in [1.82, 2.24) is 4.90 Å². The number of hydrogen-bond acceptors (Lipinski definition) is 3. The third-order valence-electron chi connectivity index (χ3n) is 3.36. The fraction of sp³-hybridized carbons (Fsp3) is 0.562. The summed E-state index contributed by atoms with van der Waals surface area (Å²) < 4.78 is 71.4. The number of carboxylic acid groups (broad SMARTS) is 1. The fourth-order valence-corrected chi connectivity index (χ4v) is 2.60. The molecule has 0 aliphatic rings. The lowest BCUT2D eigenvalue weighted by Gasteiger charge is -2.34. The second kappa shape index (κ2) is 11.4. The summed E-state index contributed by atoms with van der Waals surface area (Å²) in [4.78, 5) is 10.4. The summed E-state index contributed by atoms with van der Waals surface area (Å²) in [6.45, 7) is 3.79. The van der Waals surface area contributed by atoms with E-state index in [0.29, 0.717) is 5.56 Å². The number of benzene rings is 1. The molecular weight excluding hydrogens is 402 g/mol. The van der Waals surface area contributed by atoms with Gasteiger partial charge in [-0.1, -0.05) is 37.6 Å². The highest BCUT2D eigenvalue weighted by molar-refractivity contribution is 6.30. The van der Waals surface area contributed by atoms with E-state index in [2.05, 4.69) is 0 Å². The summed E-state index contributed by atoms with van der Waals surface area (Å²) in [7, 11) is 0. The van der Waals surface area contributed by atoms with Crippen molar-refractivity contribution in [2.24, 2.45) is 11.7 Å². The van der Waals surface area contributed by atoms with Gasteiger partial charge in [-0.2, -0.15) is 13.2 Å². The van der Waals surface area contributed by atoms with E-state index in [1.165, 1.54) is 11.0 Å². The number of carbonyl (C=O) groups is 1. The molecule has 0 heterocycles. The van der Waals surface area contributed by atoms with E-state index >= 15 is 0 Å². The van der Waals surface area contributed by atoms with Gasteiger partial charge in [0.15, 0.2) is 0 Å². The van der Waals surface area contributed by atoms with Gasteiger partial charge in [0.1, 0.15) is 5.82 Å². The maximum atomic E-state index is 14.2. The molecule has 0 aliphatic heterocycles. The Hall–Kier alpha value is -1.52. The number of nitrogens with two attached hydrogens (primary N) is 1. The lowest BCUT2D eigenvalue weighted by Crippen LogP contribution is -2.39. The zero-order chi connectivity index (χ0) is 21.4. The summed E-state index contributed by atoms with van der Waals surface area (Å²) in [5, 5.41) is 7.12. The minimum Gasteiger partial charge on any atom is -0.475 e. The van der Waals surface area contributed by atoms with E-state index in [-0.39, 0.29) is 24.0 Å². The van der Waals surface area contributed by atoms with E-state index in [1.54, 1.807) is 12.1 Å². The predicted octanol–water partition coefficient (Wildman–Crippen LogP) is 4.34. The van der Waals surface area contributed by atoms with Crippen LogP contribution in [0.2, 0.25) is 5.02 Å². The third-order valence-corrected chi connectivity index (χ3v) is 3.65. The number of carboxylic acids is 1. The molecule has 1 aromatic rings. The van der Waals surface area contributed by atoms with Crippen molar-refractivity contribution in [2.45, 2.75) is 32.5 Å². The summed E-state index contributed by atoms with van der Waals surface area (Å²) in [5.74, 6) is -3.36. The summed E-state index contributed by atoms with van der Waals surface area (Å²) >= 11 is 5.78. The highest BCUT2D eigenvalue weighted by atomic mass is 35.5. The maximum absolute atomic E-state index is 14.2. The molecule has 4 nitrogen and oxygen atoms in total. The van der Waals surface area contributed by atoms with E-state index < -0.39 is 37.0 Å². The van der Waals surface area contributed by atoms with Gasteiger partial charge < -0.3 is 10.8 Å². The van der Waals surface area contributed by atoms with Crippen LogP contribution in [-0.2, 0) is 4.79 Å². The molecule has 1 aromatic carbocycles. The average Bonchev–Trinajstić information content (AvgIpc) is 2.50. The van der Waals surface area contributed by atoms with Gasteiger partial charge in [0.2, 0.25) is 0 Å². The number of rotatable bonds is 7. The summed E-state index contributed by atoms with van der Waals surface area (Å²) in [6, 6.07) is 4.17. The van der Waals surface area contributed by atoms with Crippen LogP contribution < -0.4 is 5.73 Å². The molecule has 0 radical (unpaired) electrons. The summed E-state index contributed by atoms with van der Waals surface area (Å²) in [5.41, 5.74) is 5.82. The number of hydrogen-bond donors (Lipinski definition) is 2. The van der Waals surface area contributed by atoms with Gasteiger partial charge in [0, 0.05) is 24.7 Å². The highest BCUT2D eigenvalue weighted by Gasteiger charge is 2.38. The highest BCUT2D eigenvalue weighted by Crippen LogP contribution is 2.33. The monoisotopic (exact) mass is 422 g/mol. The minimum absolute atomic E-state index is 0.00195. The van der Waals surface area contributed by atoms with Crippen molar-refractivity contribution in [3.05, 3.63) is 34.6 Å². The standard InChI is InChI=1S/C14H20ClF3N2.C2HF3O2/c1-9(2)14(20(7-6-19)8-12(16)17)10-4-3-5-11(15)13(10)18;3-2(4,5)1(6)7/h3-5,9,12,14H,6-8,19H2,1-2H3;(H,6,7). The molecule has 0 fully saturated rings. The van der Waals surface area contributed by atoms with Crippen LogP contribution in [0.1, 0.15) is 25.5 Å². The molecular formula is C16H21ClF6N2O2. The Morgan fingerprint density at radius 2 is 1.81 bits per heavy atom. The smallest absolute Gasteiger partial charge is 0.475 e. The van der Waals surface area contributed by atoms with Crippen molar-refractivity contribution >= 4 is 17.6 Å². The zero-order valence-electron chi connectivity index (χ0n) is 14.6. The Morgan fingerprint density at radius 1 is 1.30 bits per heavy atom. The van der Waals surface area contributed by atoms with Crippen LogP contribution in [0.25, 0.3) is 0 Å². The van der Waals surface area contributed by atoms with Crippen LogP contribution in [0.15, 0.2) is 18.2 Å². The third kappa shape index (κ3) is 8.81. The molecule has 0 saturated carbocycles. The zero-order valence-corrected chi connectivity index (χ0v) is 15.4. The van der Waals surface area contributed by atoms with Crippen molar-refractivity contribution in [2.75, 3.05) is 19.6 Å². The second-order valence-electron chi connectivity index (χ2n) is 5.81. The molecule has 0 aliphatic carbocycles. The van der Waals surface area contributed by atoms with Crippen molar-refractivity contribution in [1.29, 1.82) is 0 Å². The quantitative estimate of drug-likeness (QED) is 0.642. The number of halogens is 7.